The highest BCUT2D eigenvalue weighted by molar-refractivity contribution is 6.12. The van der Waals surface area contributed by atoms with Gasteiger partial charge in [-0.05, 0) is 109 Å². The van der Waals surface area contributed by atoms with E-state index in [4.69, 9.17) is 9.97 Å². The van der Waals surface area contributed by atoms with Crippen molar-refractivity contribution in [2.24, 2.45) is 0 Å². The van der Waals surface area contributed by atoms with Crippen molar-refractivity contribution in [2.45, 2.75) is 20.8 Å². The molecule has 308 valence electrons. The Labute approximate surface area is 378 Å². The van der Waals surface area contributed by atoms with E-state index in [1.165, 1.54) is 82.6 Å². The van der Waals surface area contributed by atoms with Crippen LogP contribution in [0.15, 0.2) is 212 Å². The molecule has 0 N–H and O–H groups in total. The van der Waals surface area contributed by atoms with Crippen LogP contribution in [0.25, 0.3) is 111 Å². The molecule has 0 aliphatic heterocycles. The first-order chi connectivity index (χ1) is 31.9. The third kappa shape index (κ3) is 6.61. The first kappa shape index (κ1) is 38.3. The van der Waals surface area contributed by atoms with E-state index in [0.29, 0.717) is 0 Å². The van der Waals surface area contributed by atoms with E-state index in [1.807, 2.05) is 6.07 Å². The minimum absolute atomic E-state index is 0.723. The quantitative estimate of drug-likeness (QED) is 0.160. The van der Waals surface area contributed by atoms with Gasteiger partial charge in [-0.15, -0.1) is 0 Å². The Kier molecular flexibility index (Phi) is 9.13. The summed E-state index contributed by atoms with van der Waals surface area (Å²) in [5.74, 6) is 0.723. The lowest BCUT2D eigenvalue weighted by atomic mass is 9.91. The van der Waals surface area contributed by atoms with Crippen molar-refractivity contribution < 1.29 is 0 Å². The topological polar surface area (TPSA) is 35.6 Å². The number of aryl methyl sites for hydroxylation is 3. The van der Waals surface area contributed by atoms with Gasteiger partial charge in [0.25, 0.3) is 0 Å². The molecule has 3 heterocycles. The predicted molar refractivity (Wildman–Crippen MR) is 272 cm³/mol. The van der Waals surface area contributed by atoms with Gasteiger partial charge in [-0.25, -0.2) is 9.97 Å². The van der Waals surface area contributed by atoms with Crippen molar-refractivity contribution in [3.05, 3.63) is 229 Å². The Hall–Kier alpha value is -8.34. The van der Waals surface area contributed by atoms with Crippen LogP contribution in [0.3, 0.4) is 0 Å². The van der Waals surface area contributed by atoms with E-state index in [9.17, 15) is 0 Å². The molecule has 0 saturated heterocycles. The van der Waals surface area contributed by atoms with Crippen molar-refractivity contribution in [3.63, 3.8) is 0 Å². The van der Waals surface area contributed by atoms with Crippen LogP contribution >= 0.6 is 0 Å². The average molecular weight is 833 g/mol. The van der Waals surface area contributed by atoms with E-state index in [-0.39, 0.29) is 0 Å². The van der Waals surface area contributed by atoms with Crippen LogP contribution in [0.2, 0.25) is 0 Å². The largest absolute Gasteiger partial charge is 0.309 e. The number of aromatic nitrogens is 4. The molecular weight excluding hydrogens is 789 g/mol. The summed E-state index contributed by atoms with van der Waals surface area (Å²) >= 11 is 0. The zero-order valence-corrected chi connectivity index (χ0v) is 36.5. The van der Waals surface area contributed by atoms with Crippen molar-refractivity contribution in [1.29, 1.82) is 0 Å². The first-order valence-corrected chi connectivity index (χ1v) is 22.3. The van der Waals surface area contributed by atoms with E-state index in [1.54, 1.807) is 0 Å². The monoisotopic (exact) mass is 832 g/mol. The van der Waals surface area contributed by atoms with Gasteiger partial charge >= 0.3 is 0 Å². The number of benzene rings is 9. The zero-order chi connectivity index (χ0) is 43.6. The van der Waals surface area contributed by atoms with Crippen LogP contribution in [0, 0.1) is 20.8 Å². The lowest BCUT2D eigenvalue weighted by Crippen LogP contribution is -1.96. The summed E-state index contributed by atoms with van der Waals surface area (Å²) in [5.41, 5.74) is 20.6. The van der Waals surface area contributed by atoms with Crippen molar-refractivity contribution in [3.8, 4) is 67.5 Å². The second-order valence-corrected chi connectivity index (χ2v) is 17.2. The number of para-hydroxylation sites is 3. The summed E-state index contributed by atoms with van der Waals surface area (Å²) in [6.45, 7) is 6.56. The maximum Gasteiger partial charge on any atom is 0.160 e. The summed E-state index contributed by atoms with van der Waals surface area (Å²) in [5, 5.41) is 5.01. The van der Waals surface area contributed by atoms with Gasteiger partial charge in [-0.3, -0.25) is 0 Å². The van der Waals surface area contributed by atoms with E-state index >= 15 is 0 Å². The Morgan fingerprint density at radius 1 is 0.308 bits per heavy atom. The highest BCUT2D eigenvalue weighted by atomic mass is 15.0. The molecule has 65 heavy (non-hydrogen) atoms. The van der Waals surface area contributed by atoms with Crippen molar-refractivity contribution >= 4 is 43.6 Å². The predicted octanol–water partition coefficient (Wildman–Crippen LogP) is 15.9. The van der Waals surface area contributed by atoms with Crippen LogP contribution in [0.4, 0.5) is 0 Å². The second kappa shape index (κ2) is 15.5. The lowest BCUT2D eigenvalue weighted by Gasteiger charge is -2.15. The van der Waals surface area contributed by atoms with Gasteiger partial charge in [-0.1, -0.05) is 163 Å². The Balaban J connectivity index is 0.863. The van der Waals surface area contributed by atoms with Crippen LogP contribution in [-0.2, 0) is 0 Å². The van der Waals surface area contributed by atoms with Gasteiger partial charge in [-0.2, -0.15) is 0 Å². The molecule has 4 nitrogen and oxygen atoms in total. The molecule has 3 aromatic heterocycles. The standard InChI is InChI=1S/C61H44N4/c1-39-21-23-46(24-22-39)61-62-54(43-13-5-4-6-14-43)38-55(63-61)44-27-25-42(26-28-44)47-35-40(2)60(41(3)36-47)45-29-31-48(32-30-45)64-58-20-12-9-17-52(58)53-37-49(33-34-59(53)64)65-56-18-10-7-15-50(56)51-16-8-11-19-57(51)65/h4-38H,1-3H3. The molecule has 0 unspecified atom stereocenters. The van der Waals surface area contributed by atoms with Crippen molar-refractivity contribution in [1.82, 2.24) is 19.1 Å². The zero-order valence-electron chi connectivity index (χ0n) is 36.5. The SMILES string of the molecule is Cc1ccc(-c2nc(-c3ccccc3)cc(-c3ccc(-c4cc(C)c(-c5ccc(-n6c7ccccc7c7cc(-n8c9ccccc9c9ccccc98)ccc76)cc5)c(C)c4)cc3)n2)cc1. The van der Waals surface area contributed by atoms with Crippen LogP contribution < -0.4 is 0 Å². The molecule has 9 aromatic carbocycles. The average Bonchev–Trinajstić information content (AvgIpc) is 3.87. The van der Waals surface area contributed by atoms with Crippen molar-refractivity contribution in [2.75, 3.05) is 0 Å². The van der Waals surface area contributed by atoms with Crippen LogP contribution in [-0.4, -0.2) is 19.1 Å². The van der Waals surface area contributed by atoms with Gasteiger partial charge in [0.05, 0.1) is 33.5 Å². The third-order valence-electron chi connectivity index (χ3n) is 13.1. The van der Waals surface area contributed by atoms with Crippen LogP contribution in [0.1, 0.15) is 16.7 Å². The molecule has 0 aliphatic carbocycles. The molecule has 0 amide bonds. The Bertz CT molecular complexity index is 3690. The maximum atomic E-state index is 5.07. The minimum atomic E-state index is 0.723. The third-order valence-corrected chi connectivity index (χ3v) is 13.1. The molecule has 4 heteroatoms. The summed E-state index contributed by atoms with van der Waals surface area (Å²) in [6, 6.07) is 76.5. The fourth-order valence-electron chi connectivity index (χ4n) is 9.96. The van der Waals surface area contributed by atoms with Gasteiger partial charge in [0.2, 0.25) is 0 Å². The fourth-order valence-corrected chi connectivity index (χ4v) is 9.96. The first-order valence-electron chi connectivity index (χ1n) is 22.3. The van der Waals surface area contributed by atoms with E-state index in [2.05, 4.69) is 236 Å². The number of nitrogens with zero attached hydrogens (tertiary/aromatic N) is 4. The van der Waals surface area contributed by atoms with Gasteiger partial charge in [0, 0.05) is 49.6 Å². The van der Waals surface area contributed by atoms with Crippen LogP contribution in [0.5, 0.6) is 0 Å². The molecule has 0 fully saturated rings. The Morgan fingerprint density at radius 2 is 0.754 bits per heavy atom. The van der Waals surface area contributed by atoms with Gasteiger partial charge < -0.3 is 9.13 Å². The highest BCUT2D eigenvalue weighted by Crippen LogP contribution is 2.39. The number of hydrogen-bond donors (Lipinski definition) is 0. The lowest BCUT2D eigenvalue weighted by molar-refractivity contribution is 1.16. The maximum absolute atomic E-state index is 5.07. The molecule has 12 aromatic rings. The highest BCUT2D eigenvalue weighted by Gasteiger charge is 2.18. The summed E-state index contributed by atoms with van der Waals surface area (Å²) in [4.78, 5) is 10.1. The van der Waals surface area contributed by atoms with E-state index in [0.717, 1.165) is 45.3 Å². The molecule has 0 aliphatic rings. The second-order valence-electron chi connectivity index (χ2n) is 17.2. The van der Waals surface area contributed by atoms with E-state index < -0.39 is 0 Å². The normalized spacial score (nSPS) is 11.6. The summed E-state index contributed by atoms with van der Waals surface area (Å²) in [7, 11) is 0. The summed E-state index contributed by atoms with van der Waals surface area (Å²) < 4.78 is 4.81. The molecule has 0 saturated carbocycles. The molecule has 0 bridgehead atoms. The molecule has 12 rings (SSSR count). The number of fused-ring (bicyclic) bond motifs is 6. The molecule has 0 spiro atoms. The van der Waals surface area contributed by atoms with Gasteiger partial charge in [0.15, 0.2) is 5.82 Å². The molecule has 0 atom stereocenters. The smallest absolute Gasteiger partial charge is 0.160 e. The molecule has 0 radical (unpaired) electrons. The Morgan fingerprint density at radius 3 is 1.35 bits per heavy atom. The number of rotatable bonds is 7. The minimum Gasteiger partial charge on any atom is -0.309 e. The molecular formula is C61H44N4. The fraction of sp³-hybridized carbons (Fsp3) is 0.0492. The van der Waals surface area contributed by atoms with Gasteiger partial charge in [0.1, 0.15) is 0 Å². The summed E-state index contributed by atoms with van der Waals surface area (Å²) in [6.07, 6.45) is 0. The number of hydrogen-bond acceptors (Lipinski definition) is 2.